The Morgan fingerprint density at radius 1 is 0.885 bits per heavy atom. The normalized spacial score (nSPS) is 14.0. The molecule has 2 aromatic rings. The molecule has 3 rings (SSSR count). The highest BCUT2D eigenvalue weighted by Crippen LogP contribution is 2.34. The molecule has 0 atom stereocenters. The second kappa shape index (κ2) is 8.63. The summed E-state index contributed by atoms with van der Waals surface area (Å²) < 4.78 is 12.0. The molecule has 0 bridgehead atoms. The van der Waals surface area contributed by atoms with Crippen molar-refractivity contribution in [3.8, 4) is 11.5 Å². The lowest BCUT2D eigenvalue weighted by atomic mass is 9.89. The summed E-state index contributed by atoms with van der Waals surface area (Å²) in [7, 11) is -2.04. The number of hydrogen-bond donors (Lipinski definition) is 0. The van der Waals surface area contributed by atoms with E-state index in [0.717, 1.165) is 17.9 Å². The van der Waals surface area contributed by atoms with Gasteiger partial charge in [-0.05, 0) is 30.9 Å². The minimum atomic E-state index is -1.74. The van der Waals surface area contributed by atoms with Gasteiger partial charge in [-0.3, -0.25) is 0 Å². The SMILES string of the molecule is CCCCCC/C(=C/B1Oc2ccccc2O1)[Si](C)(C)c1ccccc1. The van der Waals surface area contributed by atoms with Crippen LogP contribution in [0.25, 0.3) is 0 Å². The molecule has 136 valence electrons. The fourth-order valence-corrected chi connectivity index (χ4v) is 6.29. The Hall–Kier alpha value is -1.94. The van der Waals surface area contributed by atoms with Gasteiger partial charge in [0.2, 0.25) is 0 Å². The van der Waals surface area contributed by atoms with Crippen LogP contribution in [0.2, 0.25) is 13.1 Å². The maximum Gasteiger partial charge on any atom is 0.624 e. The van der Waals surface area contributed by atoms with Crippen LogP contribution in [0.3, 0.4) is 0 Å². The zero-order chi connectivity index (χ0) is 18.4. The molecular formula is C22H29BO2Si. The van der Waals surface area contributed by atoms with Gasteiger partial charge in [-0.15, -0.1) is 0 Å². The average molecular weight is 364 g/mol. The van der Waals surface area contributed by atoms with Crippen molar-refractivity contribution in [1.82, 2.24) is 0 Å². The number of allylic oxidation sites excluding steroid dienone is 1. The van der Waals surface area contributed by atoms with Crippen LogP contribution in [0.5, 0.6) is 11.5 Å². The van der Waals surface area contributed by atoms with E-state index in [4.69, 9.17) is 9.31 Å². The van der Waals surface area contributed by atoms with E-state index in [1.807, 2.05) is 24.3 Å². The molecule has 0 saturated heterocycles. The lowest BCUT2D eigenvalue weighted by Gasteiger charge is -2.27. The quantitative estimate of drug-likeness (QED) is 0.452. The van der Waals surface area contributed by atoms with Crippen molar-refractivity contribution in [2.24, 2.45) is 0 Å². The number of benzene rings is 2. The van der Waals surface area contributed by atoms with Gasteiger partial charge in [-0.25, -0.2) is 0 Å². The molecule has 2 aromatic carbocycles. The van der Waals surface area contributed by atoms with Crippen LogP contribution in [0, 0.1) is 0 Å². The molecule has 0 spiro atoms. The molecule has 1 aliphatic heterocycles. The summed E-state index contributed by atoms with van der Waals surface area (Å²) in [5, 5.41) is 3.00. The van der Waals surface area contributed by atoms with E-state index < -0.39 is 8.07 Å². The van der Waals surface area contributed by atoms with Crippen LogP contribution in [0.4, 0.5) is 0 Å². The molecule has 1 aliphatic rings. The minimum absolute atomic E-state index is 0.302. The van der Waals surface area contributed by atoms with E-state index in [1.165, 1.54) is 36.1 Å². The molecule has 0 N–H and O–H groups in total. The van der Waals surface area contributed by atoms with Crippen LogP contribution >= 0.6 is 0 Å². The van der Waals surface area contributed by atoms with E-state index >= 15 is 0 Å². The maximum atomic E-state index is 6.02. The lowest BCUT2D eigenvalue weighted by Crippen LogP contribution is -2.45. The van der Waals surface area contributed by atoms with Gasteiger partial charge in [0.25, 0.3) is 0 Å². The molecule has 0 aromatic heterocycles. The Bertz CT molecular complexity index is 718. The van der Waals surface area contributed by atoms with Crippen molar-refractivity contribution in [2.75, 3.05) is 0 Å². The highest BCUT2D eigenvalue weighted by Gasteiger charge is 2.34. The third-order valence-corrected chi connectivity index (χ3v) is 9.07. The number of fused-ring (bicyclic) bond motifs is 1. The van der Waals surface area contributed by atoms with Crippen molar-refractivity contribution in [3.63, 3.8) is 0 Å². The molecule has 1 heterocycles. The topological polar surface area (TPSA) is 18.5 Å². The number of rotatable bonds is 8. The highest BCUT2D eigenvalue weighted by molar-refractivity contribution is 6.96. The first-order chi connectivity index (χ1) is 12.6. The molecule has 4 heteroatoms. The summed E-state index contributed by atoms with van der Waals surface area (Å²) in [6.07, 6.45) is 6.24. The molecule has 0 aliphatic carbocycles. The molecule has 0 saturated carbocycles. The van der Waals surface area contributed by atoms with Crippen molar-refractivity contribution < 1.29 is 9.31 Å². The Kier molecular flexibility index (Phi) is 6.25. The largest absolute Gasteiger partial charge is 0.624 e. The van der Waals surface area contributed by atoms with Gasteiger partial charge >= 0.3 is 7.12 Å². The van der Waals surface area contributed by atoms with Gasteiger partial charge in [0, 0.05) is 0 Å². The first kappa shape index (κ1) is 18.8. The monoisotopic (exact) mass is 364 g/mol. The standard InChI is InChI=1S/C22H29BO2Si/c1-4-5-6-8-15-20(26(2,3)19-13-9-7-10-14-19)18-23-24-21-16-11-12-17-22(21)25-23/h7,9-14,16-18H,4-6,8,15H2,1-3H3/b20-18-. The minimum Gasteiger partial charge on any atom is -0.520 e. The fraction of sp³-hybridized carbons (Fsp3) is 0.364. The van der Waals surface area contributed by atoms with Gasteiger partial charge in [-0.2, -0.15) is 0 Å². The van der Waals surface area contributed by atoms with E-state index in [-0.39, 0.29) is 7.12 Å². The fourth-order valence-electron chi connectivity index (χ4n) is 3.54. The predicted molar refractivity (Wildman–Crippen MR) is 114 cm³/mol. The van der Waals surface area contributed by atoms with Crippen LogP contribution in [0.1, 0.15) is 39.0 Å². The lowest BCUT2D eigenvalue weighted by molar-refractivity contribution is 0.516. The summed E-state index contributed by atoms with van der Waals surface area (Å²) >= 11 is 0. The van der Waals surface area contributed by atoms with E-state index in [0.29, 0.717) is 0 Å². The Labute approximate surface area is 159 Å². The van der Waals surface area contributed by atoms with Crippen molar-refractivity contribution in [3.05, 3.63) is 65.8 Å². The molecule has 0 amide bonds. The van der Waals surface area contributed by atoms with Gasteiger partial charge in [0.15, 0.2) is 0 Å². The van der Waals surface area contributed by atoms with Crippen molar-refractivity contribution in [1.29, 1.82) is 0 Å². The molecule has 0 unspecified atom stereocenters. The van der Waals surface area contributed by atoms with E-state index in [2.05, 4.69) is 56.3 Å². The Balaban J connectivity index is 1.81. The van der Waals surface area contributed by atoms with Crippen molar-refractivity contribution in [2.45, 2.75) is 52.1 Å². The van der Waals surface area contributed by atoms with Gasteiger partial charge in [-0.1, -0.05) is 92.1 Å². The van der Waals surface area contributed by atoms with E-state index in [9.17, 15) is 0 Å². The second-order valence-corrected chi connectivity index (χ2v) is 12.0. The van der Waals surface area contributed by atoms with Crippen LogP contribution in [-0.4, -0.2) is 15.2 Å². The molecular weight excluding hydrogens is 335 g/mol. The van der Waals surface area contributed by atoms with Gasteiger partial charge in [0.05, 0.1) is 0 Å². The zero-order valence-electron chi connectivity index (χ0n) is 16.2. The Morgan fingerprint density at radius 3 is 2.12 bits per heavy atom. The maximum absolute atomic E-state index is 6.02. The first-order valence-electron chi connectivity index (χ1n) is 9.80. The van der Waals surface area contributed by atoms with Crippen molar-refractivity contribution >= 4 is 20.4 Å². The second-order valence-electron chi connectivity index (χ2n) is 7.54. The predicted octanol–water partition coefficient (Wildman–Crippen LogP) is 5.54. The number of para-hydroxylation sites is 2. The molecule has 0 radical (unpaired) electrons. The third kappa shape index (κ3) is 4.42. The van der Waals surface area contributed by atoms with Gasteiger partial charge in [0.1, 0.15) is 19.6 Å². The number of unbranched alkanes of at least 4 members (excludes halogenated alkanes) is 3. The summed E-state index contributed by atoms with van der Waals surface area (Å²) in [6.45, 7) is 7.14. The Morgan fingerprint density at radius 2 is 1.50 bits per heavy atom. The average Bonchev–Trinajstić information content (AvgIpc) is 3.07. The molecule has 26 heavy (non-hydrogen) atoms. The van der Waals surface area contributed by atoms with Crippen LogP contribution in [-0.2, 0) is 0 Å². The van der Waals surface area contributed by atoms with Gasteiger partial charge < -0.3 is 9.31 Å². The summed E-state index contributed by atoms with van der Waals surface area (Å²) in [4.78, 5) is 0. The molecule has 2 nitrogen and oxygen atoms in total. The zero-order valence-corrected chi connectivity index (χ0v) is 17.2. The van der Waals surface area contributed by atoms with Crippen LogP contribution < -0.4 is 14.5 Å². The summed E-state index contributed by atoms with van der Waals surface area (Å²) in [6, 6.07) is 18.9. The summed E-state index contributed by atoms with van der Waals surface area (Å²) in [5.74, 6) is 3.95. The first-order valence-corrected chi connectivity index (χ1v) is 12.8. The smallest absolute Gasteiger partial charge is 0.520 e. The highest BCUT2D eigenvalue weighted by atomic mass is 28.3. The van der Waals surface area contributed by atoms with E-state index in [1.54, 1.807) is 0 Å². The summed E-state index contributed by atoms with van der Waals surface area (Å²) in [5.41, 5.74) is 0. The molecule has 0 fully saturated rings. The third-order valence-electron chi connectivity index (χ3n) is 5.27. The van der Waals surface area contributed by atoms with Crippen LogP contribution in [0.15, 0.2) is 65.8 Å². The number of hydrogen-bond acceptors (Lipinski definition) is 2.